The lowest BCUT2D eigenvalue weighted by Crippen LogP contribution is -2.23. The van der Waals surface area contributed by atoms with E-state index in [9.17, 15) is 9.59 Å². The van der Waals surface area contributed by atoms with Gasteiger partial charge in [0, 0.05) is 35.0 Å². The third kappa shape index (κ3) is 4.96. The highest BCUT2D eigenvalue weighted by Gasteiger charge is 2.22. The van der Waals surface area contributed by atoms with Gasteiger partial charge in [0.25, 0.3) is 5.91 Å². The molecular formula is C25H21N3O2S. The van der Waals surface area contributed by atoms with Crippen molar-refractivity contribution in [3.63, 3.8) is 0 Å². The summed E-state index contributed by atoms with van der Waals surface area (Å²) in [5, 5.41) is 11.9. The number of hydrogen-bond donors (Lipinski definition) is 1. The lowest BCUT2D eigenvalue weighted by molar-refractivity contribution is -0.117. The second-order valence-electron chi connectivity index (χ2n) is 7.25. The zero-order valence-electron chi connectivity index (χ0n) is 16.9. The maximum absolute atomic E-state index is 13.0. The van der Waals surface area contributed by atoms with E-state index in [0.29, 0.717) is 35.5 Å². The Balaban J connectivity index is 1.46. The van der Waals surface area contributed by atoms with E-state index in [1.54, 1.807) is 28.8 Å². The van der Waals surface area contributed by atoms with Gasteiger partial charge in [-0.2, -0.15) is 5.26 Å². The zero-order chi connectivity index (χ0) is 21.6. The average molecular weight is 428 g/mol. The molecule has 0 atom stereocenters. The van der Waals surface area contributed by atoms with Crippen molar-refractivity contribution in [1.29, 1.82) is 5.26 Å². The van der Waals surface area contributed by atoms with Crippen LogP contribution in [-0.4, -0.2) is 18.4 Å². The second-order valence-corrected chi connectivity index (χ2v) is 8.26. The van der Waals surface area contributed by atoms with Gasteiger partial charge in [-0.15, -0.1) is 11.8 Å². The molecule has 5 nitrogen and oxygen atoms in total. The molecule has 2 amide bonds. The van der Waals surface area contributed by atoms with Crippen LogP contribution < -0.4 is 10.2 Å². The van der Waals surface area contributed by atoms with E-state index in [0.717, 1.165) is 22.6 Å². The molecule has 0 bridgehead atoms. The average Bonchev–Trinajstić information content (AvgIpc) is 3.24. The van der Waals surface area contributed by atoms with E-state index >= 15 is 0 Å². The number of nitriles is 1. The summed E-state index contributed by atoms with van der Waals surface area (Å²) in [4.78, 5) is 27.7. The minimum absolute atomic E-state index is 0.119. The van der Waals surface area contributed by atoms with Crippen LogP contribution in [0.3, 0.4) is 0 Å². The van der Waals surface area contributed by atoms with E-state index in [2.05, 4.69) is 11.4 Å². The number of amides is 2. The number of carbonyl (C=O) groups excluding carboxylic acids is 2. The van der Waals surface area contributed by atoms with Gasteiger partial charge in [-0.25, -0.2) is 0 Å². The SMILES string of the molecule is N#Cc1ccc(CSc2ccccc2C(=O)Nc2cccc(N3CCCC3=O)c2)cc1. The fourth-order valence-electron chi connectivity index (χ4n) is 3.49. The molecule has 31 heavy (non-hydrogen) atoms. The van der Waals surface area contributed by atoms with Crippen molar-refractivity contribution in [3.8, 4) is 6.07 Å². The van der Waals surface area contributed by atoms with Crippen LogP contribution in [-0.2, 0) is 10.5 Å². The van der Waals surface area contributed by atoms with Gasteiger partial charge < -0.3 is 10.2 Å². The molecule has 0 aliphatic carbocycles. The number of nitrogens with zero attached hydrogens (tertiary/aromatic N) is 2. The van der Waals surface area contributed by atoms with E-state index < -0.39 is 0 Å². The van der Waals surface area contributed by atoms with Crippen LogP contribution in [0.5, 0.6) is 0 Å². The normalized spacial score (nSPS) is 13.1. The summed E-state index contributed by atoms with van der Waals surface area (Å²) in [5.74, 6) is 0.628. The Morgan fingerprint density at radius 2 is 1.87 bits per heavy atom. The second kappa shape index (κ2) is 9.50. The molecule has 1 fully saturated rings. The quantitative estimate of drug-likeness (QED) is 0.547. The van der Waals surface area contributed by atoms with Crippen LogP contribution >= 0.6 is 11.8 Å². The number of hydrogen-bond acceptors (Lipinski definition) is 4. The molecule has 3 aromatic rings. The highest BCUT2D eigenvalue weighted by molar-refractivity contribution is 7.98. The monoisotopic (exact) mass is 427 g/mol. The minimum atomic E-state index is -0.187. The number of thioether (sulfide) groups is 1. The van der Waals surface area contributed by atoms with Gasteiger partial charge in [-0.3, -0.25) is 9.59 Å². The summed E-state index contributed by atoms with van der Waals surface area (Å²) in [6.45, 7) is 0.713. The molecule has 0 radical (unpaired) electrons. The lowest BCUT2D eigenvalue weighted by Gasteiger charge is -2.17. The molecule has 6 heteroatoms. The van der Waals surface area contributed by atoms with Crippen molar-refractivity contribution in [2.45, 2.75) is 23.5 Å². The van der Waals surface area contributed by atoms with E-state index in [1.165, 1.54) is 0 Å². The van der Waals surface area contributed by atoms with Gasteiger partial charge in [0.05, 0.1) is 17.2 Å². The van der Waals surface area contributed by atoms with Gasteiger partial charge >= 0.3 is 0 Å². The zero-order valence-corrected chi connectivity index (χ0v) is 17.7. The molecule has 1 saturated heterocycles. The maximum atomic E-state index is 13.0. The summed E-state index contributed by atoms with van der Waals surface area (Å²) < 4.78 is 0. The highest BCUT2D eigenvalue weighted by atomic mass is 32.2. The van der Waals surface area contributed by atoms with Gasteiger partial charge in [-0.1, -0.05) is 30.3 Å². The molecule has 0 saturated carbocycles. The molecule has 154 valence electrons. The topological polar surface area (TPSA) is 73.2 Å². The summed E-state index contributed by atoms with van der Waals surface area (Å²) in [6.07, 6.45) is 1.43. The molecule has 0 aromatic heterocycles. The summed E-state index contributed by atoms with van der Waals surface area (Å²) >= 11 is 1.58. The van der Waals surface area contributed by atoms with Crippen molar-refractivity contribution in [3.05, 3.63) is 89.5 Å². The Morgan fingerprint density at radius 3 is 2.61 bits per heavy atom. The first kappa shape index (κ1) is 20.7. The number of rotatable bonds is 6. The molecule has 0 spiro atoms. The Morgan fingerprint density at radius 1 is 1.06 bits per heavy atom. The van der Waals surface area contributed by atoms with Crippen molar-refractivity contribution < 1.29 is 9.59 Å². The number of carbonyl (C=O) groups is 2. The Hall–Kier alpha value is -3.56. The molecule has 4 rings (SSSR count). The van der Waals surface area contributed by atoms with Crippen LogP contribution in [0.15, 0.2) is 77.7 Å². The molecule has 1 aliphatic rings. The Labute approximate surface area is 185 Å². The van der Waals surface area contributed by atoms with E-state index in [-0.39, 0.29) is 11.8 Å². The maximum Gasteiger partial charge on any atom is 0.256 e. The van der Waals surface area contributed by atoms with Crippen LogP contribution in [0.4, 0.5) is 11.4 Å². The van der Waals surface area contributed by atoms with Crippen LogP contribution in [0.25, 0.3) is 0 Å². The van der Waals surface area contributed by atoms with Crippen molar-refractivity contribution >= 4 is 35.0 Å². The smallest absolute Gasteiger partial charge is 0.256 e. The predicted molar refractivity (Wildman–Crippen MR) is 123 cm³/mol. The van der Waals surface area contributed by atoms with Gasteiger partial charge in [0.2, 0.25) is 5.91 Å². The van der Waals surface area contributed by atoms with E-state index in [1.807, 2.05) is 60.7 Å². The first-order valence-corrected chi connectivity index (χ1v) is 11.1. The third-order valence-corrected chi connectivity index (χ3v) is 6.24. The van der Waals surface area contributed by atoms with Crippen molar-refractivity contribution in [1.82, 2.24) is 0 Å². The third-order valence-electron chi connectivity index (χ3n) is 5.10. The summed E-state index contributed by atoms with van der Waals surface area (Å²) in [6, 6.07) is 24.5. The first-order chi connectivity index (χ1) is 15.1. The fraction of sp³-hybridized carbons (Fsp3) is 0.160. The molecule has 0 unspecified atom stereocenters. The van der Waals surface area contributed by atoms with Crippen molar-refractivity contribution in [2.24, 2.45) is 0 Å². The van der Waals surface area contributed by atoms with Gasteiger partial charge in [-0.05, 0) is 54.4 Å². The van der Waals surface area contributed by atoms with Gasteiger partial charge in [0.15, 0.2) is 0 Å². The van der Waals surface area contributed by atoms with Crippen LogP contribution in [0.1, 0.15) is 34.3 Å². The first-order valence-electron chi connectivity index (χ1n) is 10.1. The highest BCUT2D eigenvalue weighted by Crippen LogP contribution is 2.28. The summed E-state index contributed by atoms with van der Waals surface area (Å²) in [5.41, 5.74) is 3.79. The number of anilines is 2. The molecular weight excluding hydrogens is 406 g/mol. The van der Waals surface area contributed by atoms with Crippen molar-refractivity contribution in [2.75, 3.05) is 16.8 Å². The Bertz CT molecular complexity index is 1150. The standard InChI is InChI=1S/C25H21N3O2S/c26-16-18-10-12-19(13-11-18)17-31-23-8-2-1-7-22(23)25(30)27-20-5-3-6-21(15-20)28-14-4-9-24(28)29/h1-3,5-8,10-13,15H,4,9,14,17H2,(H,27,30). The molecule has 1 aliphatic heterocycles. The van der Waals surface area contributed by atoms with E-state index in [4.69, 9.17) is 5.26 Å². The lowest BCUT2D eigenvalue weighted by atomic mass is 10.2. The molecule has 1 N–H and O–H groups in total. The predicted octanol–water partition coefficient (Wildman–Crippen LogP) is 5.23. The van der Waals surface area contributed by atoms with Crippen LogP contribution in [0, 0.1) is 11.3 Å². The fourth-order valence-corrected chi connectivity index (χ4v) is 4.49. The number of nitrogens with one attached hydrogen (secondary N) is 1. The van der Waals surface area contributed by atoms with Gasteiger partial charge in [0.1, 0.15) is 0 Å². The molecule has 1 heterocycles. The summed E-state index contributed by atoms with van der Waals surface area (Å²) in [7, 11) is 0. The largest absolute Gasteiger partial charge is 0.322 e. The Kier molecular flexibility index (Phi) is 6.34. The minimum Gasteiger partial charge on any atom is -0.322 e. The number of benzene rings is 3. The van der Waals surface area contributed by atoms with Crippen LogP contribution in [0.2, 0.25) is 0 Å². The molecule has 3 aromatic carbocycles.